The number of carbonyl (C=O) groups is 2. The highest BCUT2D eigenvalue weighted by atomic mass is 35.5. The van der Waals surface area contributed by atoms with Crippen LogP contribution in [0.25, 0.3) is 0 Å². The molecule has 0 spiro atoms. The van der Waals surface area contributed by atoms with E-state index in [0.717, 1.165) is 13.0 Å². The second-order valence-electron chi connectivity index (χ2n) is 3.83. The van der Waals surface area contributed by atoms with Gasteiger partial charge in [-0.3, -0.25) is 9.59 Å². The lowest BCUT2D eigenvalue weighted by Gasteiger charge is -2.14. The molecule has 2 fully saturated rings. The van der Waals surface area contributed by atoms with E-state index in [1.165, 1.54) is 18.2 Å². The molecule has 0 aromatic rings. The van der Waals surface area contributed by atoms with Gasteiger partial charge in [0.25, 0.3) is 5.24 Å². The van der Waals surface area contributed by atoms with E-state index in [2.05, 4.69) is 16.0 Å². The summed E-state index contributed by atoms with van der Waals surface area (Å²) < 4.78 is 0. The summed E-state index contributed by atoms with van der Waals surface area (Å²) in [4.78, 5) is 22.5. The lowest BCUT2D eigenvalue weighted by atomic mass is 10.2. The molecule has 7 heteroatoms. The van der Waals surface area contributed by atoms with E-state index in [4.69, 9.17) is 0 Å². The topological polar surface area (TPSA) is 70.2 Å². The molecule has 16 heavy (non-hydrogen) atoms. The monoisotopic (exact) mass is 265 g/mol. The quantitative estimate of drug-likeness (QED) is 0.677. The second kappa shape index (κ2) is 6.32. The summed E-state index contributed by atoms with van der Waals surface area (Å²) in [6.07, 6.45) is 2.29. The molecule has 2 atom stereocenters. The smallest absolute Gasteiger partial charge is 0.279 e. The maximum Gasteiger partial charge on any atom is 0.279 e. The van der Waals surface area contributed by atoms with E-state index < -0.39 is 0 Å². The molecule has 5 nitrogen and oxygen atoms in total. The highest BCUT2D eigenvalue weighted by Gasteiger charge is 2.28. The summed E-state index contributed by atoms with van der Waals surface area (Å²) >= 11 is 1.17. The van der Waals surface area contributed by atoms with Crippen molar-refractivity contribution in [3.05, 3.63) is 0 Å². The van der Waals surface area contributed by atoms with Gasteiger partial charge in [-0.25, -0.2) is 0 Å². The van der Waals surface area contributed by atoms with Gasteiger partial charge in [-0.1, -0.05) is 11.8 Å². The van der Waals surface area contributed by atoms with Gasteiger partial charge in [-0.15, -0.1) is 12.4 Å². The second-order valence-corrected chi connectivity index (χ2v) is 4.83. The summed E-state index contributed by atoms with van der Waals surface area (Å²) in [5.74, 6) is 0.477. The van der Waals surface area contributed by atoms with Crippen LogP contribution >= 0.6 is 24.2 Å². The molecule has 0 saturated carbocycles. The van der Waals surface area contributed by atoms with Crippen LogP contribution < -0.4 is 16.0 Å². The highest BCUT2D eigenvalue weighted by Crippen LogP contribution is 2.12. The van der Waals surface area contributed by atoms with Gasteiger partial charge in [-0.05, 0) is 19.4 Å². The molecule has 2 rings (SSSR count). The van der Waals surface area contributed by atoms with Gasteiger partial charge in [0.05, 0.1) is 0 Å². The maximum absolute atomic E-state index is 11.6. The summed E-state index contributed by atoms with van der Waals surface area (Å²) in [5.41, 5.74) is 0. The van der Waals surface area contributed by atoms with Crippen LogP contribution in [0, 0.1) is 0 Å². The standard InChI is InChI=1S/C9H15N3O2S.ClH/c13-8(7-5-15-9(14)12-7)11-4-6-2-1-3-10-6;/h6-7,10H,1-5H2,(H,11,13)(H,12,14);1H/t6?,7-;/m0./s1. The van der Waals surface area contributed by atoms with Crippen LogP contribution in [0.4, 0.5) is 4.79 Å². The molecule has 92 valence electrons. The average molecular weight is 266 g/mol. The average Bonchev–Trinajstić information content (AvgIpc) is 2.84. The SMILES string of the molecule is Cl.O=C1N[C@H](C(=O)NCC2CCCN2)CS1. The molecule has 0 aromatic heterocycles. The van der Waals surface area contributed by atoms with E-state index >= 15 is 0 Å². The van der Waals surface area contributed by atoms with Crippen molar-refractivity contribution >= 4 is 35.3 Å². The van der Waals surface area contributed by atoms with Crippen molar-refractivity contribution in [1.82, 2.24) is 16.0 Å². The lowest BCUT2D eigenvalue weighted by Crippen LogP contribution is -2.46. The lowest BCUT2D eigenvalue weighted by molar-refractivity contribution is -0.122. The molecular formula is C9H16ClN3O2S. The van der Waals surface area contributed by atoms with E-state index in [-0.39, 0.29) is 29.6 Å². The third kappa shape index (κ3) is 3.54. The number of amides is 2. The van der Waals surface area contributed by atoms with Crippen LogP contribution in [0.15, 0.2) is 0 Å². The minimum atomic E-state index is -0.344. The fourth-order valence-electron chi connectivity index (χ4n) is 1.80. The van der Waals surface area contributed by atoms with E-state index in [0.29, 0.717) is 18.3 Å². The van der Waals surface area contributed by atoms with Gasteiger partial charge in [0, 0.05) is 18.3 Å². The number of rotatable bonds is 3. The molecule has 2 aliphatic heterocycles. The Morgan fingerprint density at radius 3 is 2.94 bits per heavy atom. The summed E-state index contributed by atoms with van der Waals surface area (Å²) in [6, 6.07) is 0.0580. The van der Waals surface area contributed by atoms with Crippen LogP contribution in [0.2, 0.25) is 0 Å². The molecule has 2 amide bonds. The number of nitrogens with one attached hydrogen (secondary N) is 3. The normalized spacial score (nSPS) is 28.4. The van der Waals surface area contributed by atoms with Gasteiger partial charge in [0.2, 0.25) is 5.91 Å². The Morgan fingerprint density at radius 1 is 1.56 bits per heavy atom. The van der Waals surface area contributed by atoms with Crippen molar-refractivity contribution in [2.24, 2.45) is 0 Å². The van der Waals surface area contributed by atoms with Crippen molar-refractivity contribution < 1.29 is 9.59 Å². The molecule has 2 aliphatic rings. The predicted octanol–water partition coefficient (Wildman–Crippen LogP) is 0.101. The zero-order chi connectivity index (χ0) is 10.7. The van der Waals surface area contributed by atoms with Gasteiger partial charge in [0.15, 0.2) is 0 Å². The summed E-state index contributed by atoms with van der Waals surface area (Å²) in [7, 11) is 0. The number of thioether (sulfide) groups is 1. The van der Waals surface area contributed by atoms with Crippen LogP contribution in [-0.4, -0.2) is 42.1 Å². The van der Waals surface area contributed by atoms with Crippen molar-refractivity contribution in [2.45, 2.75) is 24.9 Å². The number of hydrogen-bond acceptors (Lipinski definition) is 4. The minimum absolute atomic E-state index is 0. The molecule has 0 radical (unpaired) electrons. The highest BCUT2D eigenvalue weighted by molar-refractivity contribution is 8.14. The predicted molar refractivity (Wildman–Crippen MR) is 66.1 cm³/mol. The van der Waals surface area contributed by atoms with Crippen molar-refractivity contribution in [1.29, 1.82) is 0 Å². The third-order valence-electron chi connectivity index (χ3n) is 2.67. The van der Waals surface area contributed by atoms with Gasteiger partial charge >= 0.3 is 0 Å². The molecule has 2 saturated heterocycles. The van der Waals surface area contributed by atoms with Crippen molar-refractivity contribution in [2.75, 3.05) is 18.8 Å². The van der Waals surface area contributed by atoms with E-state index in [9.17, 15) is 9.59 Å². The number of hydrogen-bond donors (Lipinski definition) is 3. The van der Waals surface area contributed by atoms with Gasteiger partial charge in [-0.2, -0.15) is 0 Å². The Balaban J connectivity index is 0.00000128. The first-order chi connectivity index (χ1) is 7.25. The van der Waals surface area contributed by atoms with E-state index in [1.807, 2.05) is 0 Å². The first-order valence-electron chi connectivity index (χ1n) is 5.20. The molecule has 0 aliphatic carbocycles. The fraction of sp³-hybridized carbons (Fsp3) is 0.778. The Bertz CT molecular complexity index is 271. The fourth-order valence-corrected chi connectivity index (χ4v) is 2.58. The Morgan fingerprint density at radius 2 is 2.38 bits per heavy atom. The van der Waals surface area contributed by atoms with Crippen molar-refractivity contribution in [3.63, 3.8) is 0 Å². The molecule has 3 N–H and O–H groups in total. The Kier molecular flexibility index (Phi) is 5.37. The zero-order valence-corrected chi connectivity index (χ0v) is 10.5. The first-order valence-corrected chi connectivity index (χ1v) is 6.18. The van der Waals surface area contributed by atoms with E-state index in [1.54, 1.807) is 0 Å². The first kappa shape index (κ1) is 13.6. The largest absolute Gasteiger partial charge is 0.353 e. The zero-order valence-electron chi connectivity index (χ0n) is 8.82. The molecule has 1 unspecified atom stereocenters. The van der Waals surface area contributed by atoms with Crippen LogP contribution in [0.3, 0.4) is 0 Å². The number of halogens is 1. The van der Waals surface area contributed by atoms with Gasteiger partial charge in [0.1, 0.15) is 6.04 Å². The summed E-state index contributed by atoms with van der Waals surface area (Å²) in [5, 5.41) is 8.68. The molecular weight excluding hydrogens is 250 g/mol. The van der Waals surface area contributed by atoms with Gasteiger partial charge < -0.3 is 16.0 Å². The molecule has 0 bridgehead atoms. The van der Waals surface area contributed by atoms with Crippen molar-refractivity contribution in [3.8, 4) is 0 Å². The molecule has 0 aromatic carbocycles. The van der Waals surface area contributed by atoms with Crippen LogP contribution in [0.1, 0.15) is 12.8 Å². The van der Waals surface area contributed by atoms with Crippen LogP contribution in [-0.2, 0) is 4.79 Å². The Labute approximate surface area is 105 Å². The third-order valence-corrected chi connectivity index (χ3v) is 3.55. The summed E-state index contributed by atoms with van der Waals surface area (Å²) in [6.45, 7) is 1.70. The Hall–Kier alpha value is -0.460. The molecule has 2 heterocycles. The van der Waals surface area contributed by atoms with Crippen LogP contribution in [0.5, 0.6) is 0 Å². The maximum atomic E-state index is 11.6. The number of carbonyl (C=O) groups excluding carboxylic acids is 2. The minimum Gasteiger partial charge on any atom is -0.353 e.